The summed E-state index contributed by atoms with van der Waals surface area (Å²) in [7, 11) is 1.39. The van der Waals surface area contributed by atoms with E-state index in [0.717, 1.165) is 36.8 Å². The van der Waals surface area contributed by atoms with Gasteiger partial charge in [0.2, 0.25) is 0 Å². The Morgan fingerprint density at radius 3 is 2.77 bits per heavy atom. The summed E-state index contributed by atoms with van der Waals surface area (Å²) in [6.07, 6.45) is 5.73. The summed E-state index contributed by atoms with van der Waals surface area (Å²) in [5.41, 5.74) is 2.57. The number of hydrogen-bond donors (Lipinski definition) is 2. The molecule has 0 aliphatic heterocycles. The van der Waals surface area contributed by atoms with Gasteiger partial charge in [-0.3, -0.25) is 4.68 Å². The Bertz CT molecular complexity index is 1140. The van der Waals surface area contributed by atoms with Gasteiger partial charge in [0.1, 0.15) is 10.0 Å². The van der Waals surface area contributed by atoms with Crippen LogP contribution in [-0.2, 0) is 24.1 Å². The average molecular weight is 495 g/mol. The highest BCUT2D eigenvalue weighted by atomic mass is 35.5. The third-order valence-corrected chi connectivity index (χ3v) is 7.08. The first-order valence-electron chi connectivity index (χ1n) is 9.73. The van der Waals surface area contributed by atoms with Crippen LogP contribution in [0.5, 0.6) is 0 Å². The molecule has 2 aromatic heterocycles. The van der Waals surface area contributed by atoms with E-state index in [0.29, 0.717) is 38.1 Å². The maximum atomic E-state index is 12.4. The normalized spacial score (nSPS) is 12.9. The lowest BCUT2D eigenvalue weighted by Gasteiger charge is -2.12. The molecule has 1 aliphatic carbocycles. The lowest BCUT2D eigenvalue weighted by atomic mass is 9.95. The smallest absolute Gasteiger partial charge is 0.341 e. The zero-order valence-corrected chi connectivity index (χ0v) is 19.9. The number of halogens is 2. The van der Waals surface area contributed by atoms with Gasteiger partial charge in [0, 0.05) is 16.1 Å². The molecule has 0 bridgehead atoms. The van der Waals surface area contributed by atoms with Crippen molar-refractivity contribution in [3.05, 3.63) is 62.1 Å². The molecule has 0 saturated heterocycles. The molecule has 0 unspecified atom stereocenters. The van der Waals surface area contributed by atoms with Crippen LogP contribution < -0.4 is 10.6 Å². The van der Waals surface area contributed by atoms with Crippen LogP contribution in [0.1, 0.15) is 39.2 Å². The number of nitrogens with zero attached hydrogens (tertiary/aromatic N) is 2. The molecule has 0 spiro atoms. The number of rotatable bonds is 5. The summed E-state index contributed by atoms with van der Waals surface area (Å²) in [5.74, 6) is 0.0684. The van der Waals surface area contributed by atoms with Crippen molar-refractivity contribution in [2.45, 2.75) is 32.2 Å². The second kappa shape index (κ2) is 9.56. The van der Waals surface area contributed by atoms with Crippen molar-refractivity contribution in [3.63, 3.8) is 0 Å². The quantitative estimate of drug-likeness (QED) is 0.346. The summed E-state index contributed by atoms with van der Waals surface area (Å²) in [4.78, 5) is 13.6. The summed E-state index contributed by atoms with van der Waals surface area (Å²) < 4.78 is 6.70. The van der Waals surface area contributed by atoms with Crippen LogP contribution in [-0.4, -0.2) is 28.0 Å². The van der Waals surface area contributed by atoms with Gasteiger partial charge in [-0.1, -0.05) is 41.4 Å². The Balaban J connectivity index is 1.50. The number of carbonyl (C=O) groups excluding carboxylic acids is 1. The highest BCUT2D eigenvalue weighted by Crippen LogP contribution is 2.38. The molecule has 1 aliphatic rings. The van der Waals surface area contributed by atoms with Crippen molar-refractivity contribution in [1.82, 2.24) is 9.78 Å². The van der Waals surface area contributed by atoms with Crippen molar-refractivity contribution in [2.75, 3.05) is 17.7 Å². The molecule has 0 atom stereocenters. The molecule has 2 heterocycles. The molecule has 0 fully saturated rings. The minimum absolute atomic E-state index is 0.300. The van der Waals surface area contributed by atoms with Gasteiger partial charge in [0.15, 0.2) is 10.9 Å². The van der Waals surface area contributed by atoms with Crippen LogP contribution in [0, 0.1) is 0 Å². The second-order valence-corrected chi connectivity index (χ2v) is 9.43. The molecule has 31 heavy (non-hydrogen) atoms. The summed E-state index contributed by atoms with van der Waals surface area (Å²) in [6.45, 7) is 0.478. The molecule has 0 saturated carbocycles. The van der Waals surface area contributed by atoms with Crippen molar-refractivity contribution in [2.24, 2.45) is 0 Å². The van der Waals surface area contributed by atoms with E-state index < -0.39 is 0 Å². The maximum absolute atomic E-state index is 12.4. The Hall–Kier alpha value is -2.13. The summed E-state index contributed by atoms with van der Waals surface area (Å²) >= 11 is 19.6. The molecule has 6 nitrogen and oxygen atoms in total. The zero-order chi connectivity index (χ0) is 22.0. The van der Waals surface area contributed by atoms with Crippen LogP contribution in [0.4, 0.5) is 10.8 Å². The minimum atomic E-state index is -0.355. The maximum Gasteiger partial charge on any atom is 0.341 e. The molecule has 3 aromatic rings. The fourth-order valence-electron chi connectivity index (χ4n) is 3.58. The number of thiophene rings is 1. The Morgan fingerprint density at radius 1 is 1.23 bits per heavy atom. The first-order chi connectivity index (χ1) is 15.0. The highest BCUT2D eigenvalue weighted by molar-refractivity contribution is 7.80. The number of carbonyl (C=O) groups is 1. The van der Waals surface area contributed by atoms with Gasteiger partial charge >= 0.3 is 5.97 Å². The standard InChI is InChI=1S/C21H20Cl2N4O2S2/c1-29-20(28)17-13-7-3-5-9-16(13)31-19(17)25-21(30)24-18-15(23)11-27(26-18)10-12-6-2-4-8-14(12)22/h2,4,6,8,11H,3,5,7,9-10H2,1H3,(H2,24,25,26,30). The van der Waals surface area contributed by atoms with Crippen molar-refractivity contribution < 1.29 is 9.53 Å². The van der Waals surface area contributed by atoms with Crippen LogP contribution in [0.3, 0.4) is 0 Å². The first kappa shape index (κ1) is 22.1. The lowest BCUT2D eigenvalue weighted by molar-refractivity contribution is 0.0601. The van der Waals surface area contributed by atoms with Crippen LogP contribution in [0.2, 0.25) is 10.0 Å². The number of aromatic nitrogens is 2. The monoisotopic (exact) mass is 494 g/mol. The first-order valence-corrected chi connectivity index (χ1v) is 11.7. The van der Waals surface area contributed by atoms with Gasteiger partial charge in [-0.15, -0.1) is 11.3 Å². The molecular weight excluding hydrogens is 475 g/mol. The molecule has 162 valence electrons. The number of thiocarbonyl (C=S) groups is 1. The van der Waals surface area contributed by atoms with Crippen LogP contribution >= 0.6 is 46.8 Å². The number of ether oxygens (including phenoxy) is 1. The topological polar surface area (TPSA) is 68.2 Å². The summed E-state index contributed by atoms with van der Waals surface area (Å²) in [6, 6.07) is 7.57. The molecule has 4 rings (SSSR count). The van der Waals surface area contributed by atoms with E-state index in [-0.39, 0.29) is 5.97 Å². The van der Waals surface area contributed by atoms with Gasteiger partial charge in [-0.05, 0) is 55.1 Å². The fraction of sp³-hybridized carbons (Fsp3) is 0.286. The third-order valence-electron chi connectivity index (χ3n) is 5.03. The Morgan fingerprint density at radius 2 is 2.00 bits per heavy atom. The van der Waals surface area contributed by atoms with Gasteiger partial charge in [0.25, 0.3) is 0 Å². The molecule has 1 aromatic carbocycles. The molecule has 0 amide bonds. The fourth-order valence-corrected chi connectivity index (χ4v) is 5.52. The predicted octanol–water partition coefficient (Wildman–Crippen LogP) is 5.77. The number of aryl methyl sites for hydroxylation is 1. The van der Waals surface area contributed by atoms with E-state index in [2.05, 4.69) is 15.7 Å². The predicted molar refractivity (Wildman–Crippen MR) is 130 cm³/mol. The number of anilines is 2. The van der Waals surface area contributed by atoms with E-state index in [1.165, 1.54) is 12.0 Å². The van der Waals surface area contributed by atoms with Gasteiger partial charge in [0.05, 0.1) is 19.2 Å². The largest absolute Gasteiger partial charge is 0.465 e. The van der Waals surface area contributed by atoms with Crippen molar-refractivity contribution in [1.29, 1.82) is 0 Å². The van der Waals surface area contributed by atoms with Gasteiger partial charge in [-0.2, -0.15) is 5.10 Å². The average Bonchev–Trinajstić information content (AvgIpc) is 3.28. The number of nitrogens with one attached hydrogen (secondary N) is 2. The molecular formula is C21H20Cl2N4O2S2. The molecule has 0 radical (unpaired) electrons. The van der Waals surface area contributed by atoms with E-state index in [4.69, 9.17) is 40.2 Å². The van der Waals surface area contributed by atoms with Crippen molar-refractivity contribution in [3.8, 4) is 0 Å². The van der Waals surface area contributed by atoms with E-state index in [1.807, 2.05) is 24.3 Å². The number of hydrogen-bond acceptors (Lipinski definition) is 5. The van der Waals surface area contributed by atoms with E-state index in [9.17, 15) is 4.79 Å². The zero-order valence-electron chi connectivity index (χ0n) is 16.7. The third kappa shape index (κ3) is 4.87. The number of esters is 1. The SMILES string of the molecule is COC(=O)c1c(NC(=S)Nc2nn(Cc3ccccc3Cl)cc2Cl)sc2c1CCCC2. The lowest BCUT2D eigenvalue weighted by Crippen LogP contribution is -2.21. The number of fused-ring (bicyclic) bond motifs is 1. The van der Waals surface area contributed by atoms with Crippen LogP contribution in [0.15, 0.2) is 30.5 Å². The van der Waals surface area contributed by atoms with Crippen LogP contribution in [0.25, 0.3) is 0 Å². The van der Waals surface area contributed by atoms with Gasteiger partial charge < -0.3 is 15.4 Å². The van der Waals surface area contributed by atoms with Crippen molar-refractivity contribution >= 4 is 68.7 Å². The Labute approximate surface area is 199 Å². The second-order valence-electron chi connectivity index (χ2n) is 7.10. The number of methoxy groups -OCH3 is 1. The van der Waals surface area contributed by atoms with E-state index >= 15 is 0 Å². The molecule has 10 heteroatoms. The van der Waals surface area contributed by atoms with Gasteiger partial charge in [-0.25, -0.2) is 4.79 Å². The number of benzene rings is 1. The summed E-state index contributed by atoms with van der Waals surface area (Å²) in [5, 5.41) is 12.7. The Kier molecular flexibility index (Phi) is 6.81. The molecule has 2 N–H and O–H groups in total. The highest BCUT2D eigenvalue weighted by Gasteiger charge is 2.26. The van der Waals surface area contributed by atoms with E-state index in [1.54, 1.807) is 22.2 Å². The minimum Gasteiger partial charge on any atom is -0.465 e.